The van der Waals surface area contributed by atoms with Gasteiger partial charge in [0.25, 0.3) is 5.56 Å². The van der Waals surface area contributed by atoms with Crippen LogP contribution in [-0.4, -0.2) is 30.9 Å². The summed E-state index contributed by atoms with van der Waals surface area (Å²) in [5.41, 5.74) is 2.86. The lowest BCUT2D eigenvalue weighted by molar-refractivity contribution is -0.143. The van der Waals surface area contributed by atoms with Crippen molar-refractivity contribution < 1.29 is 23.7 Å². The van der Waals surface area contributed by atoms with Crippen LogP contribution in [0.25, 0.3) is 6.08 Å². The van der Waals surface area contributed by atoms with Gasteiger partial charge in [0.15, 0.2) is 16.3 Å². The summed E-state index contributed by atoms with van der Waals surface area (Å²) in [5.74, 6) is 1.11. The third kappa shape index (κ3) is 6.69. The van der Waals surface area contributed by atoms with Crippen LogP contribution < -0.4 is 29.1 Å². The van der Waals surface area contributed by atoms with Crippen molar-refractivity contribution in [3.63, 3.8) is 0 Å². The average molecular weight is 742 g/mol. The molecule has 2 heterocycles. The number of thiazole rings is 1. The van der Waals surface area contributed by atoms with Crippen LogP contribution >= 0.6 is 43.2 Å². The molecule has 228 valence electrons. The Morgan fingerprint density at radius 2 is 1.66 bits per heavy atom. The molecule has 0 N–H and O–H groups in total. The molecule has 1 aliphatic rings. The first-order valence-corrected chi connectivity index (χ1v) is 16.1. The molecule has 0 radical (unpaired) electrons. The highest BCUT2D eigenvalue weighted by molar-refractivity contribution is 9.10. The molecule has 0 amide bonds. The van der Waals surface area contributed by atoms with Crippen molar-refractivity contribution in [2.24, 2.45) is 4.99 Å². The molecule has 44 heavy (non-hydrogen) atoms. The molecule has 5 rings (SSSR count). The topological polar surface area (TPSA) is 88.4 Å². The number of ether oxygens (including phenoxy) is 4. The second-order valence-electron chi connectivity index (χ2n) is 10.2. The van der Waals surface area contributed by atoms with Gasteiger partial charge in [0.1, 0.15) is 18.4 Å². The minimum Gasteiger partial charge on any atom is -0.496 e. The maximum absolute atomic E-state index is 14.1. The van der Waals surface area contributed by atoms with Gasteiger partial charge in [-0.2, -0.15) is 0 Å². The largest absolute Gasteiger partial charge is 0.496 e. The predicted molar refractivity (Wildman–Crippen MR) is 177 cm³/mol. The number of esters is 1. The second kappa shape index (κ2) is 13.5. The van der Waals surface area contributed by atoms with Crippen molar-refractivity contribution in [3.05, 3.63) is 117 Å². The summed E-state index contributed by atoms with van der Waals surface area (Å²) in [4.78, 5) is 32.7. The Morgan fingerprint density at radius 3 is 2.34 bits per heavy atom. The fourth-order valence-electron chi connectivity index (χ4n) is 4.86. The fourth-order valence-corrected chi connectivity index (χ4v) is 6.55. The number of methoxy groups -OCH3 is 2. The zero-order chi connectivity index (χ0) is 31.5. The first kappa shape index (κ1) is 31.7. The Labute approximate surface area is 275 Å². The number of nitrogens with zero attached hydrogens (tertiary/aromatic N) is 2. The molecule has 0 unspecified atom stereocenters. The molecule has 3 aromatic carbocycles. The van der Waals surface area contributed by atoms with Gasteiger partial charge in [0, 0.05) is 14.5 Å². The summed E-state index contributed by atoms with van der Waals surface area (Å²) in [6.45, 7) is 5.69. The van der Waals surface area contributed by atoms with Crippen LogP contribution in [0.2, 0.25) is 0 Å². The summed E-state index contributed by atoms with van der Waals surface area (Å²) in [7, 11) is 3.13. The maximum Gasteiger partial charge on any atom is 0.338 e. The van der Waals surface area contributed by atoms with Crippen molar-refractivity contribution in [3.8, 4) is 17.2 Å². The molecule has 0 fully saturated rings. The predicted octanol–water partition coefficient (Wildman–Crippen LogP) is 6.31. The van der Waals surface area contributed by atoms with Crippen molar-refractivity contribution in [1.82, 2.24) is 4.57 Å². The summed E-state index contributed by atoms with van der Waals surface area (Å²) in [5, 5.41) is 0. The monoisotopic (exact) mass is 740 g/mol. The van der Waals surface area contributed by atoms with Crippen LogP contribution in [0.4, 0.5) is 0 Å². The molecule has 1 aromatic heterocycles. The zero-order valence-electron chi connectivity index (χ0n) is 24.7. The molecule has 0 bridgehead atoms. The molecular weight excluding hydrogens is 712 g/mol. The quantitative estimate of drug-likeness (QED) is 0.187. The minimum absolute atomic E-state index is 0.281. The van der Waals surface area contributed by atoms with E-state index >= 15 is 0 Å². The standard InChI is InChI=1S/C33H30Br2N2O6S/c1-18(2)43-32(39)29-19(3)36-33-37(30(29)24-16-23(35)11-13-25(24)40-4)31(38)28(44-33)15-21-8-12-26(27(14-21)41-5)42-17-20-6-9-22(34)10-7-20/h6-16,18,30H,17H2,1-5H3/b28-15-/t30-/m0/s1. The lowest BCUT2D eigenvalue weighted by Crippen LogP contribution is -2.40. The van der Waals surface area contributed by atoms with E-state index in [4.69, 9.17) is 18.9 Å². The van der Waals surface area contributed by atoms with E-state index in [-0.39, 0.29) is 17.2 Å². The Hall–Kier alpha value is -3.67. The Kier molecular flexibility index (Phi) is 9.77. The van der Waals surface area contributed by atoms with Crippen LogP contribution in [0.1, 0.15) is 43.5 Å². The van der Waals surface area contributed by atoms with Gasteiger partial charge in [0.05, 0.1) is 36.1 Å². The fraction of sp³-hybridized carbons (Fsp3) is 0.242. The number of hydrogen-bond acceptors (Lipinski definition) is 8. The first-order valence-electron chi connectivity index (χ1n) is 13.7. The SMILES string of the molecule is COc1cc(/C=c2\sc3n(c2=O)[C@@H](c2cc(Br)ccc2OC)C(C(=O)OC(C)C)=C(C)N=3)ccc1OCc1ccc(Br)cc1. The van der Waals surface area contributed by atoms with Crippen LogP contribution in [-0.2, 0) is 16.1 Å². The van der Waals surface area contributed by atoms with Crippen molar-refractivity contribution >= 4 is 55.2 Å². The lowest BCUT2D eigenvalue weighted by atomic mass is 9.95. The summed E-state index contributed by atoms with van der Waals surface area (Å²) in [6, 6.07) is 18.1. The van der Waals surface area contributed by atoms with Crippen LogP contribution in [0, 0.1) is 0 Å². The molecule has 4 aromatic rings. The number of benzene rings is 3. The molecular formula is C33H30Br2N2O6S. The van der Waals surface area contributed by atoms with Crippen molar-refractivity contribution in [2.45, 2.75) is 39.5 Å². The number of allylic oxidation sites excluding steroid dienone is 1. The third-order valence-corrected chi connectivity index (χ3v) is 8.87. The Balaban J connectivity index is 1.58. The summed E-state index contributed by atoms with van der Waals surface area (Å²) in [6.07, 6.45) is 1.43. The van der Waals surface area contributed by atoms with E-state index < -0.39 is 12.0 Å². The van der Waals surface area contributed by atoms with E-state index in [9.17, 15) is 9.59 Å². The number of rotatable bonds is 9. The average Bonchev–Trinajstić information content (AvgIpc) is 3.29. The van der Waals surface area contributed by atoms with E-state index in [1.807, 2.05) is 54.6 Å². The van der Waals surface area contributed by atoms with Crippen molar-refractivity contribution in [1.29, 1.82) is 0 Å². The van der Waals surface area contributed by atoms with E-state index in [1.54, 1.807) is 47.1 Å². The smallest absolute Gasteiger partial charge is 0.338 e. The van der Waals surface area contributed by atoms with Crippen LogP contribution in [0.15, 0.2) is 90.7 Å². The molecule has 0 saturated carbocycles. The van der Waals surface area contributed by atoms with Gasteiger partial charge in [-0.05, 0) is 80.4 Å². The van der Waals surface area contributed by atoms with Crippen molar-refractivity contribution in [2.75, 3.05) is 14.2 Å². The number of hydrogen-bond donors (Lipinski definition) is 0. The molecule has 0 aliphatic carbocycles. The number of carbonyl (C=O) groups excluding carboxylic acids is 1. The van der Waals surface area contributed by atoms with Gasteiger partial charge in [0.2, 0.25) is 0 Å². The molecule has 0 saturated heterocycles. The van der Waals surface area contributed by atoms with Gasteiger partial charge < -0.3 is 18.9 Å². The summed E-state index contributed by atoms with van der Waals surface area (Å²) < 4.78 is 26.7. The second-order valence-corrected chi connectivity index (χ2v) is 13.1. The van der Waals surface area contributed by atoms with E-state index in [1.165, 1.54) is 15.9 Å². The summed E-state index contributed by atoms with van der Waals surface area (Å²) >= 11 is 8.22. The molecule has 0 spiro atoms. The van der Waals surface area contributed by atoms with E-state index in [0.717, 1.165) is 20.1 Å². The molecule has 11 heteroatoms. The molecule has 8 nitrogen and oxygen atoms in total. The van der Waals surface area contributed by atoms with Gasteiger partial charge in [-0.3, -0.25) is 9.36 Å². The van der Waals surface area contributed by atoms with Crippen LogP contribution in [0.5, 0.6) is 17.2 Å². The Morgan fingerprint density at radius 1 is 0.977 bits per heavy atom. The lowest BCUT2D eigenvalue weighted by Gasteiger charge is -2.26. The zero-order valence-corrected chi connectivity index (χ0v) is 28.7. The van der Waals surface area contributed by atoms with Gasteiger partial charge in [-0.1, -0.05) is 61.4 Å². The highest BCUT2D eigenvalue weighted by atomic mass is 79.9. The Bertz CT molecular complexity index is 1930. The van der Waals surface area contributed by atoms with Gasteiger partial charge in [-0.25, -0.2) is 9.79 Å². The highest BCUT2D eigenvalue weighted by Gasteiger charge is 2.35. The third-order valence-electron chi connectivity index (χ3n) is 6.86. The molecule has 1 atom stereocenters. The van der Waals surface area contributed by atoms with Crippen LogP contribution in [0.3, 0.4) is 0 Å². The van der Waals surface area contributed by atoms with Gasteiger partial charge >= 0.3 is 5.97 Å². The van der Waals surface area contributed by atoms with E-state index in [2.05, 4.69) is 36.9 Å². The highest BCUT2D eigenvalue weighted by Crippen LogP contribution is 2.37. The number of aromatic nitrogens is 1. The number of fused-ring (bicyclic) bond motifs is 1. The molecule has 1 aliphatic heterocycles. The number of carbonyl (C=O) groups is 1. The minimum atomic E-state index is -0.809. The first-order chi connectivity index (χ1) is 21.1. The van der Waals surface area contributed by atoms with Gasteiger partial charge in [-0.15, -0.1) is 0 Å². The normalized spacial score (nSPS) is 14.7. The number of halogens is 2. The van der Waals surface area contributed by atoms with E-state index in [0.29, 0.717) is 44.4 Å². The maximum atomic E-state index is 14.1.